The molecule has 0 spiro atoms. The van der Waals surface area contributed by atoms with Gasteiger partial charge in [0.05, 0.1) is 5.92 Å². The predicted molar refractivity (Wildman–Crippen MR) is 211 cm³/mol. The number of carboxylic acid groups (broad SMARTS) is 1. The molecule has 2 heteroatoms. The van der Waals surface area contributed by atoms with E-state index in [0.29, 0.717) is 11.8 Å². The predicted octanol–water partition coefficient (Wildman–Crippen LogP) is 15.6. The number of hydrogen-bond donors (Lipinski definition) is 1. The maximum Gasteiger partial charge on any atom is 0.306 e. The number of carbonyl (C=O) groups is 1. The molecule has 1 N–H and O–H groups in total. The molecule has 0 aliphatic rings. The van der Waals surface area contributed by atoms with Crippen LogP contribution in [0.5, 0.6) is 0 Å². The van der Waals surface area contributed by atoms with Gasteiger partial charge in [0.1, 0.15) is 0 Å². The highest BCUT2D eigenvalue weighted by Gasteiger charge is 2.21. The summed E-state index contributed by atoms with van der Waals surface area (Å²) in [6.45, 7) is 23.7. The zero-order chi connectivity index (χ0) is 35.5. The van der Waals surface area contributed by atoms with Gasteiger partial charge in [-0.3, -0.25) is 4.79 Å². The molecular weight excluding hydrogens is 572 g/mol. The van der Waals surface area contributed by atoms with E-state index in [1.807, 2.05) is 6.92 Å². The summed E-state index contributed by atoms with van der Waals surface area (Å²) in [6, 6.07) is 0. The summed E-state index contributed by atoms with van der Waals surface area (Å²) in [7, 11) is 0. The molecule has 0 heterocycles. The maximum atomic E-state index is 11.2. The fourth-order valence-corrected chi connectivity index (χ4v) is 9.34. The zero-order valence-corrected chi connectivity index (χ0v) is 34.2. The number of carboxylic acids is 1. The summed E-state index contributed by atoms with van der Waals surface area (Å²) >= 11 is 0. The van der Waals surface area contributed by atoms with Gasteiger partial charge in [-0.25, -0.2) is 0 Å². The molecule has 0 aromatic carbocycles. The lowest BCUT2D eigenvalue weighted by atomic mass is 9.80. The van der Waals surface area contributed by atoms with Gasteiger partial charge in [-0.2, -0.15) is 0 Å². The zero-order valence-electron chi connectivity index (χ0n) is 34.2. The van der Waals surface area contributed by atoms with Gasteiger partial charge in [-0.15, -0.1) is 0 Å². The lowest BCUT2D eigenvalue weighted by molar-refractivity contribution is -0.141. The number of rotatable bonds is 34. The summed E-state index contributed by atoms with van der Waals surface area (Å²) in [4.78, 5) is 11.2. The minimum absolute atomic E-state index is 0.224. The quantitative estimate of drug-likeness (QED) is 0.0696. The van der Waals surface area contributed by atoms with Crippen LogP contribution in [0.2, 0.25) is 0 Å². The third-order valence-corrected chi connectivity index (χ3v) is 11.4. The van der Waals surface area contributed by atoms with E-state index in [2.05, 4.69) is 62.3 Å². The van der Waals surface area contributed by atoms with E-state index >= 15 is 0 Å². The molecule has 0 radical (unpaired) electrons. The van der Waals surface area contributed by atoms with Gasteiger partial charge in [-0.1, -0.05) is 178 Å². The lowest BCUT2D eigenvalue weighted by Crippen LogP contribution is -2.16. The normalized spacial score (nSPS) is 17.8. The molecule has 0 amide bonds. The molecular formula is C45H90O2. The topological polar surface area (TPSA) is 37.3 Å². The van der Waals surface area contributed by atoms with Crippen LogP contribution >= 0.6 is 0 Å². The summed E-state index contributed by atoms with van der Waals surface area (Å²) in [5.74, 6) is 5.23. The van der Waals surface area contributed by atoms with Crippen molar-refractivity contribution < 1.29 is 9.90 Å². The van der Waals surface area contributed by atoms with E-state index < -0.39 is 5.97 Å². The van der Waals surface area contributed by atoms with Crippen LogP contribution in [0.3, 0.4) is 0 Å². The molecule has 0 aromatic heterocycles. The van der Waals surface area contributed by atoms with Gasteiger partial charge in [0.25, 0.3) is 0 Å². The Labute approximate surface area is 298 Å². The first-order chi connectivity index (χ1) is 22.3. The van der Waals surface area contributed by atoms with E-state index in [9.17, 15) is 9.90 Å². The third-order valence-electron chi connectivity index (χ3n) is 11.4. The summed E-state index contributed by atoms with van der Waals surface area (Å²) in [6.07, 6.45) is 34.8. The molecule has 0 bridgehead atoms. The highest BCUT2D eigenvalue weighted by atomic mass is 16.4. The molecule has 0 aliphatic heterocycles. The number of unbranched alkanes of at least 4 members (excludes halogenated alkanes) is 15. The fraction of sp³-hybridized carbons (Fsp3) is 0.978. The van der Waals surface area contributed by atoms with E-state index in [1.54, 1.807) is 0 Å². The van der Waals surface area contributed by atoms with Gasteiger partial charge < -0.3 is 5.11 Å². The molecule has 0 aromatic rings. The van der Waals surface area contributed by atoms with Crippen molar-refractivity contribution in [2.24, 2.45) is 53.3 Å². The van der Waals surface area contributed by atoms with Crippen LogP contribution in [-0.4, -0.2) is 11.1 Å². The van der Waals surface area contributed by atoms with Crippen LogP contribution in [0.25, 0.3) is 0 Å². The van der Waals surface area contributed by atoms with Crippen molar-refractivity contribution >= 4 is 5.97 Å². The monoisotopic (exact) mass is 663 g/mol. The van der Waals surface area contributed by atoms with Crippen molar-refractivity contribution in [1.82, 2.24) is 0 Å². The van der Waals surface area contributed by atoms with Crippen molar-refractivity contribution in [3.8, 4) is 0 Å². The highest BCUT2D eigenvalue weighted by Crippen LogP contribution is 2.32. The number of aliphatic carboxylic acids is 1. The van der Waals surface area contributed by atoms with Crippen molar-refractivity contribution in [2.45, 2.75) is 230 Å². The molecule has 0 unspecified atom stereocenters. The fourth-order valence-electron chi connectivity index (χ4n) is 9.34. The Kier molecular flexibility index (Phi) is 30.0. The van der Waals surface area contributed by atoms with Crippen LogP contribution < -0.4 is 0 Å². The van der Waals surface area contributed by atoms with Crippen LogP contribution in [0.15, 0.2) is 0 Å². The lowest BCUT2D eigenvalue weighted by Gasteiger charge is -2.26. The standard InChI is InChI=1S/C45H90O2/c1-11-12-13-14-15-16-17-18-19-20-21-22-23-24-25-26-27-36(2)28-37(3)29-38(4)30-39(5)31-40(6)32-41(7)33-42(8)34-43(9)35-44(10)45(46)47/h36-44H,11-35H2,1-10H3,(H,46,47)/t36-,37-,38-,39-,40-,41-,42-,43-,44-/m0/s1. The van der Waals surface area contributed by atoms with Gasteiger partial charge in [0.15, 0.2) is 0 Å². The Morgan fingerprint density at radius 2 is 0.596 bits per heavy atom. The third kappa shape index (κ3) is 30.1. The van der Waals surface area contributed by atoms with E-state index in [0.717, 1.165) is 48.3 Å². The molecule has 282 valence electrons. The Hall–Kier alpha value is -0.530. The molecule has 0 saturated carbocycles. The largest absolute Gasteiger partial charge is 0.481 e. The molecule has 0 saturated heterocycles. The average molecular weight is 663 g/mol. The molecule has 0 aliphatic carbocycles. The van der Waals surface area contributed by atoms with Gasteiger partial charge in [0, 0.05) is 0 Å². The Bertz CT molecular complexity index is 687. The van der Waals surface area contributed by atoms with E-state index in [-0.39, 0.29) is 5.92 Å². The van der Waals surface area contributed by atoms with Crippen molar-refractivity contribution in [3.63, 3.8) is 0 Å². The Morgan fingerprint density at radius 3 is 0.872 bits per heavy atom. The van der Waals surface area contributed by atoms with Crippen molar-refractivity contribution in [3.05, 3.63) is 0 Å². The summed E-state index contributed by atoms with van der Waals surface area (Å²) in [5, 5.41) is 9.21. The summed E-state index contributed by atoms with van der Waals surface area (Å²) < 4.78 is 0. The SMILES string of the molecule is CCCCCCCCCCCCCCCCCC[C@H](C)C[C@H](C)C[C@H](C)C[C@H](C)C[C@H](C)C[C@H](C)C[C@H](C)C[C@H](C)C[C@H](C)C(=O)O. The minimum Gasteiger partial charge on any atom is -0.481 e. The molecule has 9 atom stereocenters. The van der Waals surface area contributed by atoms with Gasteiger partial charge in [0.2, 0.25) is 0 Å². The summed E-state index contributed by atoms with van der Waals surface area (Å²) in [5.41, 5.74) is 0. The van der Waals surface area contributed by atoms with Crippen LogP contribution in [0.1, 0.15) is 230 Å². The molecule has 0 rings (SSSR count). The second kappa shape index (κ2) is 30.3. The van der Waals surface area contributed by atoms with Gasteiger partial charge in [-0.05, 0) is 98.7 Å². The number of hydrogen-bond acceptors (Lipinski definition) is 1. The maximum absolute atomic E-state index is 11.2. The van der Waals surface area contributed by atoms with Crippen LogP contribution in [-0.2, 0) is 4.79 Å². The highest BCUT2D eigenvalue weighted by molar-refractivity contribution is 5.69. The smallest absolute Gasteiger partial charge is 0.306 e. The second-order valence-corrected chi connectivity index (χ2v) is 18.1. The van der Waals surface area contributed by atoms with Crippen LogP contribution in [0, 0.1) is 53.3 Å². The molecule has 0 fully saturated rings. The second-order valence-electron chi connectivity index (χ2n) is 18.1. The molecule has 47 heavy (non-hydrogen) atoms. The molecule has 2 nitrogen and oxygen atoms in total. The Balaban J connectivity index is 3.87. The van der Waals surface area contributed by atoms with E-state index in [4.69, 9.17) is 0 Å². The first-order valence-electron chi connectivity index (χ1n) is 21.6. The average Bonchev–Trinajstić information content (AvgIpc) is 2.95. The van der Waals surface area contributed by atoms with Crippen molar-refractivity contribution in [2.75, 3.05) is 0 Å². The van der Waals surface area contributed by atoms with Crippen LogP contribution in [0.4, 0.5) is 0 Å². The Morgan fingerprint density at radius 1 is 0.362 bits per heavy atom. The first-order valence-corrected chi connectivity index (χ1v) is 21.6. The van der Waals surface area contributed by atoms with E-state index in [1.165, 1.54) is 148 Å². The van der Waals surface area contributed by atoms with Gasteiger partial charge >= 0.3 is 5.97 Å². The minimum atomic E-state index is -0.653. The van der Waals surface area contributed by atoms with Crippen molar-refractivity contribution in [1.29, 1.82) is 0 Å². The first kappa shape index (κ1) is 46.5.